The van der Waals surface area contributed by atoms with Crippen molar-refractivity contribution in [2.75, 3.05) is 10.0 Å². The largest absolute Gasteiger partial charge is 0.378 e. The van der Waals surface area contributed by atoms with Crippen molar-refractivity contribution >= 4 is 32.2 Å². The molecular formula is C30H28N2O2S. The number of hydrogen-bond donors (Lipinski definition) is 2. The standard InChI is InChI=1S/C30H28N2O2S/c1-19-14-20(2)16-24(15-19)32-35(33,34)25-12-13-29-28(18-25)26-8-5-9-27(26)30(31-29)23-11-10-21-6-3-4-7-22(21)17-23/h3-8,10-18,26-27,30-32H,9H2,1-2H3. The van der Waals surface area contributed by atoms with Crippen LogP contribution in [0, 0.1) is 19.8 Å². The second-order valence-electron chi connectivity index (χ2n) is 9.81. The predicted octanol–water partition coefficient (Wildman–Crippen LogP) is 7.08. The van der Waals surface area contributed by atoms with Crippen molar-refractivity contribution in [3.05, 3.63) is 113 Å². The third-order valence-electron chi connectivity index (χ3n) is 7.25. The molecule has 0 spiro atoms. The fourth-order valence-electron chi connectivity index (χ4n) is 5.72. The second kappa shape index (κ2) is 8.28. The van der Waals surface area contributed by atoms with Crippen molar-refractivity contribution in [2.24, 2.45) is 5.92 Å². The van der Waals surface area contributed by atoms with Gasteiger partial charge in [-0.3, -0.25) is 4.72 Å². The average Bonchev–Trinajstić information content (AvgIpc) is 3.32. The Balaban J connectivity index is 1.35. The Hall–Kier alpha value is -3.57. The predicted molar refractivity (Wildman–Crippen MR) is 143 cm³/mol. The maximum Gasteiger partial charge on any atom is 0.261 e. The molecule has 0 amide bonds. The second-order valence-corrected chi connectivity index (χ2v) is 11.5. The normalized spacial score (nSPS) is 20.8. The lowest BCUT2D eigenvalue weighted by molar-refractivity contribution is 0.425. The first-order chi connectivity index (χ1) is 16.9. The van der Waals surface area contributed by atoms with Crippen molar-refractivity contribution in [3.63, 3.8) is 0 Å². The molecule has 1 heterocycles. The zero-order chi connectivity index (χ0) is 24.2. The van der Waals surface area contributed by atoms with Gasteiger partial charge in [-0.05, 0) is 95.6 Å². The minimum absolute atomic E-state index is 0.169. The number of benzene rings is 4. The van der Waals surface area contributed by atoms with Gasteiger partial charge in [0.05, 0.1) is 10.9 Å². The van der Waals surface area contributed by atoms with Gasteiger partial charge in [0.15, 0.2) is 0 Å². The van der Waals surface area contributed by atoms with E-state index in [-0.39, 0.29) is 12.0 Å². The van der Waals surface area contributed by atoms with Gasteiger partial charge in [-0.1, -0.05) is 54.6 Å². The van der Waals surface area contributed by atoms with E-state index in [9.17, 15) is 8.42 Å². The SMILES string of the molecule is Cc1cc(C)cc(NS(=O)(=O)c2ccc3c(c2)C2C=CCC2C(c2ccc4ccccc4c2)N3)c1. The van der Waals surface area contributed by atoms with Crippen molar-refractivity contribution in [2.45, 2.75) is 37.1 Å². The molecule has 0 fully saturated rings. The smallest absolute Gasteiger partial charge is 0.261 e. The molecule has 6 rings (SSSR count). The number of rotatable bonds is 4. The Morgan fingerprint density at radius 2 is 1.63 bits per heavy atom. The Bertz CT molecular complexity index is 1570. The molecule has 4 aromatic rings. The fraction of sp³-hybridized carbons (Fsp3) is 0.200. The average molecular weight is 481 g/mol. The van der Waals surface area contributed by atoms with Gasteiger partial charge in [0.2, 0.25) is 0 Å². The molecule has 0 bridgehead atoms. The highest BCUT2D eigenvalue weighted by Gasteiger charge is 2.38. The molecule has 0 saturated carbocycles. The molecular weight excluding hydrogens is 452 g/mol. The first-order valence-corrected chi connectivity index (χ1v) is 13.5. The third kappa shape index (κ3) is 4.00. The van der Waals surface area contributed by atoms with Crippen LogP contribution in [0.1, 0.15) is 40.6 Å². The van der Waals surface area contributed by atoms with Crippen LogP contribution in [0.15, 0.2) is 95.9 Å². The molecule has 4 aromatic carbocycles. The molecule has 3 unspecified atom stereocenters. The van der Waals surface area contributed by atoms with Crippen LogP contribution in [0.2, 0.25) is 0 Å². The summed E-state index contributed by atoms with van der Waals surface area (Å²) in [5.74, 6) is 0.521. The van der Waals surface area contributed by atoms with Crippen LogP contribution in [-0.2, 0) is 10.0 Å². The molecule has 4 nitrogen and oxygen atoms in total. The van der Waals surface area contributed by atoms with E-state index < -0.39 is 10.0 Å². The Morgan fingerprint density at radius 3 is 2.43 bits per heavy atom. The maximum absolute atomic E-state index is 13.3. The summed E-state index contributed by atoms with van der Waals surface area (Å²) in [7, 11) is -3.70. The van der Waals surface area contributed by atoms with Crippen LogP contribution >= 0.6 is 0 Å². The highest BCUT2D eigenvalue weighted by Crippen LogP contribution is 2.50. The van der Waals surface area contributed by atoms with E-state index in [1.54, 1.807) is 6.07 Å². The van der Waals surface area contributed by atoms with Gasteiger partial charge in [0, 0.05) is 17.3 Å². The van der Waals surface area contributed by atoms with Gasteiger partial charge in [-0.25, -0.2) is 8.42 Å². The summed E-state index contributed by atoms with van der Waals surface area (Å²) in [6.45, 7) is 3.93. The first-order valence-electron chi connectivity index (χ1n) is 12.0. The number of aryl methyl sites for hydroxylation is 2. The minimum Gasteiger partial charge on any atom is -0.378 e. The van der Waals surface area contributed by atoms with Gasteiger partial charge >= 0.3 is 0 Å². The van der Waals surface area contributed by atoms with Crippen LogP contribution in [0.4, 0.5) is 11.4 Å². The van der Waals surface area contributed by atoms with Crippen molar-refractivity contribution < 1.29 is 8.42 Å². The zero-order valence-electron chi connectivity index (χ0n) is 19.8. The summed E-state index contributed by atoms with van der Waals surface area (Å²) < 4.78 is 29.3. The molecule has 2 N–H and O–H groups in total. The van der Waals surface area contributed by atoms with E-state index in [0.717, 1.165) is 28.8 Å². The van der Waals surface area contributed by atoms with Crippen LogP contribution in [0.3, 0.4) is 0 Å². The van der Waals surface area contributed by atoms with Gasteiger partial charge in [0.1, 0.15) is 0 Å². The zero-order valence-corrected chi connectivity index (χ0v) is 20.6. The summed E-state index contributed by atoms with van der Waals surface area (Å²) in [5, 5.41) is 6.21. The van der Waals surface area contributed by atoms with E-state index >= 15 is 0 Å². The third-order valence-corrected chi connectivity index (χ3v) is 8.63. The van der Waals surface area contributed by atoms with Crippen LogP contribution in [0.25, 0.3) is 10.8 Å². The molecule has 2 aliphatic rings. The highest BCUT2D eigenvalue weighted by molar-refractivity contribution is 7.92. The molecule has 176 valence electrons. The number of fused-ring (bicyclic) bond motifs is 4. The molecule has 1 aliphatic carbocycles. The number of hydrogen-bond acceptors (Lipinski definition) is 3. The van der Waals surface area contributed by atoms with Crippen LogP contribution in [0.5, 0.6) is 0 Å². The Morgan fingerprint density at radius 1 is 0.857 bits per heavy atom. The van der Waals surface area contributed by atoms with Crippen molar-refractivity contribution in [1.29, 1.82) is 0 Å². The molecule has 0 aromatic heterocycles. The summed E-state index contributed by atoms with van der Waals surface area (Å²) in [5.41, 5.74) is 5.95. The topological polar surface area (TPSA) is 58.2 Å². The van der Waals surface area contributed by atoms with E-state index in [0.29, 0.717) is 16.5 Å². The van der Waals surface area contributed by atoms with E-state index in [1.807, 2.05) is 44.2 Å². The molecule has 0 saturated heterocycles. The lowest BCUT2D eigenvalue weighted by Crippen LogP contribution is -2.29. The van der Waals surface area contributed by atoms with Gasteiger partial charge in [0.25, 0.3) is 10.0 Å². The van der Waals surface area contributed by atoms with Crippen LogP contribution in [-0.4, -0.2) is 8.42 Å². The highest BCUT2D eigenvalue weighted by atomic mass is 32.2. The van der Waals surface area contributed by atoms with Crippen molar-refractivity contribution in [3.8, 4) is 0 Å². The molecule has 35 heavy (non-hydrogen) atoms. The fourth-order valence-corrected chi connectivity index (χ4v) is 6.79. The van der Waals surface area contributed by atoms with Gasteiger partial charge in [-0.2, -0.15) is 0 Å². The first kappa shape index (κ1) is 21.9. The van der Waals surface area contributed by atoms with Gasteiger partial charge < -0.3 is 5.32 Å². The minimum atomic E-state index is -3.70. The van der Waals surface area contributed by atoms with Crippen LogP contribution < -0.4 is 10.0 Å². The van der Waals surface area contributed by atoms with E-state index in [4.69, 9.17) is 0 Å². The number of anilines is 2. The summed E-state index contributed by atoms with van der Waals surface area (Å²) >= 11 is 0. The Kier molecular flexibility index (Phi) is 5.19. The van der Waals surface area contributed by atoms with Gasteiger partial charge in [-0.15, -0.1) is 0 Å². The van der Waals surface area contributed by atoms with E-state index in [2.05, 4.69) is 64.7 Å². The lowest BCUT2D eigenvalue weighted by Gasteiger charge is -2.37. The molecule has 5 heteroatoms. The molecule has 0 radical (unpaired) electrons. The number of allylic oxidation sites excluding steroid dienone is 2. The summed E-state index contributed by atoms with van der Waals surface area (Å²) in [4.78, 5) is 0.292. The van der Waals surface area contributed by atoms with Crippen molar-refractivity contribution in [1.82, 2.24) is 0 Å². The maximum atomic E-state index is 13.3. The quantitative estimate of drug-likeness (QED) is 0.307. The number of nitrogens with one attached hydrogen (secondary N) is 2. The summed E-state index contributed by atoms with van der Waals surface area (Å²) in [6.07, 6.45) is 5.44. The summed E-state index contributed by atoms with van der Waals surface area (Å²) in [6, 6.07) is 26.5. The van der Waals surface area contributed by atoms with E-state index in [1.165, 1.54) is 16.3 Å². The lowest BCUT2D eigenvalue weighted by atomic mass is 9.77. The Labute approximate surface area is 206 Å². The monoisotopic (exact) mass is 480 g/mol. The molecule has 3 atom stereocenters. The molecule has 1 aliphatic heterocycles. The number of sulfonamides is 1.